The number of ether oxygens (including phenoxy) is 1. The molecule has 16 heavy (non-hydrogen) atoms. The van der Waals surface area contributed by atoms with Gasteiger partial charge in [-0.2, -0.15) is 4.98 Å². The van der Waals surface area contributed by atoms with E-state index in [1.807, 2.05) is 31.2 Å². The molecule has 0 saturated carbocycles. The van der Waals surface area contributed by atoms with Gasteiger partial charge in [0.2, 0.25) is 0 Å². The lowest BCUT2D eigenvalue weighted by molar-refractivity contribution is 0.415. The summed E-state index contributed by atoms with van der Waals surface area (Å²) in [6.45, 7) is 1.81. The van der Waals surface area contributed by atoms with Crippen molar-refractivity contribution < 1.29 is 4.74 Å². The molecule has 0 aliphatic carbocycles. The van der Waals surface area contributed by atoms with Crippen LogP contribution in [0.3, 0.4) is 0 Å². The summed E-state index contributed by atoms with van der Waals surface area (Å²) < 4.78 is 5.08. The minimum Gasteiger partial charge on any atom is -0.497 e. The summed E-state index contributed by atoms with van der Waals surface area (Å²) in [7, 11) is 1.63. The third-order valence-corrected chi connectivity index (χ3v) is 2.40. The Labute approximate surface area is 92.9 Å². The molecule has 0 spiro atoms. The van der Waals surface area contributed by atoms with Crippen molar-refractivity contribution in [2.45, 2.75) is 6.92 Å². The number of methoxy groups -OCH3 is 1. The lowest BCUT2D eigenvalue weighted by Gasteiger charge is -2.05. The first-order valence-corrected chi connectivity index (χ1v) is 4.91. The molecule has 0 radical (unpaired) electrons. The number of aryl methyl sites for hydroxylation is 1. The van der Waals surface area contributed by atoms with Gasteiger partial charge in [-0.15, -0.1) is 0 Å². The van der Waals surface area contributed by atoms with Crippen molar-refractivity contribution in [2.75, 3.05) is 7.11 Å². The number of hydrogen-bond acceptors (Lipinski definition) is 3. The van der Waals surface area contributed by atoms with Crippen molar-refractivity contribution in [1.82, 2.24) is 9.97 Å². The Hall–Kier alpha value is -2.10. The quantitative estimate of drug-likeness (QED) is 0.832. The van der Waals surface area contributed by atoms with Gasteiger partial charge in [-0.1, -0.05) is 12.1 Å². The average Bonchev–Trinajstić information content (AvgIpc) is 2.29. The molecular weight excluding hydrogens is 204 g/mol. The lowest BCUT2D eigenvalue weighted by atomic mass is 10.1. The van der Waals surface area contributed by atoms with E-state index in [1.54, 1.807) is 13.3 Å². The predicted molar refractivity (Wildman–Crippen MR) is 61.6 cm³/mol. The zero-order valence-electron chi connectivity index (χ0n) is 9.15. The average molecular weight is 216 g/mol. The third-order valence-electron chi connectivity index (χ3n) is 2.40. The van der Waals surface area contributed by atoms with Crippen LogP contribution in [0.25, 0.3) is 11.1 Å². The molecule has 1 N–H and O–H groups in total. The van der Waals surface area contributed by atoms with Crippen molar-refractivity contribution in [2.24, 2.45) is 0 Å². The fourth-order valence-corrected chi connectivity index (χ4v) is 1.55. The zero-order valence-corrected chi connectivity index (χ0v) is 9.15. The first-order chi connectivity index (χ1) is 7.70. The van der Waals surface area contributed by atoms with Crippen molar-refractivity contribution in [1.29, 1.82) is 0 Å². The standard InChI is InChI=1S/C12H12N2O2/c1-8-11(7-13-12(15)14-8)9-3-5-10(16-2)6-4-9/h3-7H,1-2H3,(H,13,14,15). The maximum Gasteiger partial charge on any atom is 0.345 e. The van der Waals surface area contributed by atoms with E-state index in [1.165, 1.54) is 0 Å². The van der Waals surface area contributed by atoms with Gasteiger partial charge >= 0.3 is 5.69 Å². The van der Waals surface area contributed by atoms with E-state index in [0.717, 1.165) is 16.9 Å². The molecule has 0 bridgehead atoms. The van der Waals surface area contributed by atoms with Gasteiger partial charge in [-0.3, -0.25) is 0 Å². The highest BCUT2D eigenvalue weighted by Crippen LogP contribution is 2.22. The second-order valence-corrected chi connectivity index (χ2v) is 3.43. The van der Waals surface area contributed by atoms with Gasteiger partial charge in [-0.25, -0.2) is 4.79 Å². The Morgan fingerprint density at radius 3 is 2.50 bits per heavy atom. The van der Waals surface area contributed by atoms with E-state index >= 15 is 0 Å². The molecule has 4 nitrogen and oxygen atoms in total. The minimum absolute atomic E-state index is 0.324. The largest absolute Gasteiger partial charge is 0.497 e. The molecule has 0 aliphatic rings. The molecule has 4 heteroatoms. The summed E-state index contributed by atoms with van der Waals surface area (Å²) >= 11 is 0. The Bertz CT molecular complexity index is 544. The van der Waals surface area contributed by atoms with Crippen LogP contribution in [0.2, 0.25) is 0 Å². The van der Waals surface area contributed by atoms with E-state index < -0.39 is 0 Å². The van der Waals surface area contributed by atoms with E-state index in [-0.39, 0.29) is 5.69 Å². The molecule has 1 aromatic carbocycles. The zero-order chi connectivity index (χ0) is 11.5. The monoisotopic (exact) mass is 216 g/mol. The van der Waals surface area contributed by atoms with Crippen LogP contribution in [0.4, 0.5) is 0 Å². The topological polar surface area (TPSA) is 55.0 Å². The first kappa shape index (κ1) is 10.4. The maximum absolute atomic E-state index is 11.0. The molecule has 1 aromatic heterocycles. The van der Waals surface area contributed by atoms with Crippen molar-refractivity contribution in [3.05, 3.63) is 46.6 Å². The fraction of sp³-hybridized carbons (Fsp3) is 0.167. The summed E-state index contributed by atoms with van der Waals surface area (Å²) in [6.07, 6.45) is 1.67. The van der Waals surface area contributed by atoms with Gasteiger partial charge in [0, 0.05) is 11.8 Å². The van der Waals surface area contributed by atoms with Crippen LogP contribution < -0.4 is 10.4 Å². The van der Waals surface area contributed by atoms with Crippen molar-refractivity contribution in [3.63, 3.8) is 0 Å². The maximum atomic E-state index is 11.0. The van der Waals surface area contributed by atoms with Crippen LogP contribution in [0.1, 0.15) is 5.69 Å². The number of aromatic nitrogens is 2. The highest BCUT2D eigenvalue weighted by Gasteiger charge is 2.03. The third kappa shape index (κ3) is 1.95. The number of rotatable bonds is 2. The van der Waals surface area contributed by atoms with Crippen LogP contribution in [-0.4, -0.2) is 17.1 Å². The van der Waals surface area contributed by atoms with Crippen LogP contribution in [0.5, 0.6) is 5.75 Å². The molecule has 82 valence electrons. The molecule has 2 rings (SSSR count). The summed E-state index contributed by atoms with van der Waals surface area (Å²) in [4.78, 5) is 17.4. The number of nitrogens with one attached hydrogen (secondary N) is 1. The second kappa shape index (κ2) is 4.18. The predicted octanol–water partition coefficient (Wildman–Crippen LogP) is 1.75. The Balaban J connectivity index is 2.46. The van der Waals surface area contributed by atoms with E-state index in [9.17, 15) is 4.79 Å². The summed E-state index contributed by atoms with van der Waals surface area (Å²) in [5.41, 5.74) is 2.31. The summed E-state index contributed by atoms with van der Waals surface area (Å²) in [5.74, 6) is 0.804. The molecule has 0 atom stereocenters. The van der Waals surface area contributed by atoms with Crippen LogP contribution in [0, 0.1) is 6.92 Å². The highest BCUT2D eigenvalue weighted by atomic mass is 16.5. The molecule has 1 heterocycles. The molecule has 0 fully saturated rings. The smallest absolute Gasteiger partial charge is 0.345 e. The first-order valence-electron chi connectivity index (χ1n) is 4.91. The molecule has 0 unspecified atom stereocenters. The van der Waals surface area contributed by atoms with Gasteiger partial charge in [0.05, 0.1) is 12.8 Å². The van der Waals surface area contributed by atoms with Crippen LogP contribution in [-0.2, 0) is 0 Å². The van der Waals surface area contributed by atoms with Crippen molar-refractivity contribution >= 4 is 0 Å². The Morgan fingerprint density at radius 2 is 1.94 bits per heavy atom. The SMILES string of the molecule is COc1ccc(-c2c[nH]c(=O)nc2C)cc1. The second-order valence-electron chi connectivity index (χ2n) is 3.43. The molecule has 2 aromatic rings. The summed E-state index contributed by atoms with van der Waals surface area (Å²) in [6, 6.07) is 7.61. The van der Waals surface area contributed by atoms with Gasteiger partial charge in [0.25, 0.3) is 0 Å². The molecule has 0 amide bonds. The van der Waals surface area contributed by atoms with E-state index in [0.29, 0.717) is 5.69 Å². The van der Waals surface area contributed by atoms with Gasteiger partial charge in [0.1, 0.15) is 5.75 Å². The summed E-state index contributed by atoms with van der Waals surface area (Å²) in [5, 5.41) is 0. The fourth-order valence-electron chi connectivity index (χ4n) is 1.55. The Kier molecular flexibility index (Phi) is 2.72. The number of hydrogen-bond donors (Lipinski definition) is 1. The number of H-pyrrole nitrogens is 1. The molecule has 0 aliphatic heterocycles. The molecular formula is C12H12N2O2. The molecule has 0 saturated heterocycles. The van der Waals surface area contributed by atoms with Gasteiger partial charge in [-0.05, 0) is 24.6 Å². The normalized spacial score (nSPS) is 10.1. The van der Waals surface area contributed by atoms with Crippen molar-refractivity contribution in [3.8, 4) is 16.9 Å². The van der Waals surface area contributed by atoms with Crippen LogP contribution >= 0.6 is 0 Å². The van der Waals surface area contributed by atoms with E-state index in [4.69, 9.17) is 4.74 Å². The highest BCUT2D eigenvalue weighted by molar-refractivity contribution is 5.65. The van der Waals surface area contributed by atoms with E-state index in [2.05, 4.69) is 9.97 Å². The van der Waals surface area contributed by atoms with Crippen LogP contribution in [0.15, 0.2) is 35.3 Å². The lowest BCUT2D eigenvalue weighted by Crippen LogP contribution is -2.11. The van der Waals surface area contributed by atoms with Gasteiger partial charge in [0.15, 0.2) is 0 Å². The number of benzene rings is 1. The Morgan fingerprint density at radius 1 is 1.25 bits per heavy atom. The minimum atomic E-state index is -0.324. The number of aromatic amines is 1. The van der Waals surface area contributed by atoms with Gasteiger partial charge < -0.3 is 9.72 Å². The number of nitrogens with zero attached hydrogens (tertiary/aromatic N) is 1.